The number of halogens is 4. The maximum absolute atomic E-state index is 12.9. The van der Waals surface area contributed by atoms with Crippen molar-refractivity contribution < 1.29 is 13.2 Å². The highest BCUT2D eigenvalue weighted by Crippen LogP contribution is 2.33. The summed E-state index contributed by atoms with van der Waals surface area (Å²) >= 11 is 5.56. The van der Waals surface area contributed by atoms with Gasteiger partial charge in [0, 0.05) is 5.88 Å². The molecule has 0 spiro atoms. The molecule has 0 atom stereocenters. The van der Waals surface area contributed by atoms with Crippen LogP contribution in [0.4, 0.5) is 13.2 Å². The average molecular weight is 290 g/mol. The van der Waals surface area contributed by atoms with Gasteiger partial charge in [-0.2, -0.15) is 13.2 Å². The van der Waals surface area contributed by atoms with Crippen LogP contribution in [0.15, 0.2) is 30.5 Å². The third kappa shape index (κ3) is 3.26. The lowest BCUT2D eigenvalue weighted by Crippen LogP contribution is -2.10. The second-order valence-corrected chi connectivity index (χ2v) is 4.34. The summed E-state index contributed by atoms with van der Waals surface area (Å²) in [4.78, 5) is 0. The lowest BCUT2D eigenvalue weighted by molar-refractivity contribution is -0.137. The third-order valence-electron chi connectivity index (χ3n) is 2.56. The lowest BCUT2D eigenvalue weighted by Gasteiger charge is -2.11. The molecule has 1 aromatic heterocycles. The van der Waals surface area contributed by atoms with Gasteiger partial charge in [0.15, 0.2) is 0 Å². The summed E-state index contributed by atoms with van der Waals surface area (Å²) < 4.78 is 39.7. The van der Waals surface area contributed by atoms with Crippen molar-refractivity contribution >= 4 is 11.6 Å². The van der Waals surface area contributed by atoms with Crippen LogP contribution in [-0.4, -0.2) is 20.9 Å². The van der Waals surface area contributed by atoms with Gasteiger partial charge in [0.1, 0.15) is 0 Å². The fraction of sp³-hybridized carbons (Fsp3) is 0.333. The van der Waals surface area contributed by atoms with E-state index in [-0.39, 0.29) is 5.69 Å². The molecule has 0 fully saturated rings. The minimum absolute atomic E-state index is 0.0281. The van der Waals surface area contributed by atoms with E-state index in [1.54, 1.807) is 0 Å². The first-order chi connectivity index (χ1) is 9.02. The molecular formula is C12H11ClF3N3. The van der Waals surface area contributed by atoms with Gasteiger partial charge in [0.05, 0.1) is 23.1 Å². The molecule has 0 saturated heterocycles. The Labute approximate surface area is 113 Å². The highest BCUT2D eigenvalue weighted by atomic mass is 35.5. The van der Waals surface area contributed by atoms with E-state index < -0.39 is 11.7 Å². The summed E-state index contributed by atoms with van der Waals surface area (Å²) in [6.45, 7) is 0. The largest absolute Gasteiger partial charge is 0.418 e. The molecule has 0 unspecified atom stereocenters. The van der Waals surface area contributed by atoms with Crippen LogP contribution in [0, 0.1) is 0 Å². The molecule has 3 nitrogen and oxygen atoms in total. The first kappa shape index (κ1) is 13.9. The summed E-state index contributed by atoms with van der Waals surface area (Å²) in [5.41, 5.74) is -0.138. The zero-order valence-corrected chi connectivity index (χ0v) is 10.6. The number of nitrogens with zero attached hydrogens (tertiary/aromatic N) is 3. The van der Waals surface area contributed by atoms with Crippen molar-refractivity contribution in [3.8, 4) is 5.69 Å². The van der Waals surface area contributed by atoms with Crippen molar-refractivity contribution in [2.45, 2.75) is 19.0 Å². The summed E-state index contributed by atoms with van der Waals surface area (Å²) in [6.07, 6.45) is -1.62. The zero-order chi connectivity index (χ0) is 13.9. The predicted octanol–water partition coefficient (Wildman–Crippen LogP) is 3.46. The third-order valence-corrected chi connectivity index (χ3v) is 2.83. The van der Waals surface area contributed by atoms with Gasteiger partial charge in [-0.3, -0.25) is 0 Å². The van der Waals surface area contributed by atoms with Gasteiger partial charge in [0.2, 0.25) is 0 Å². The molecule has 0 aliphatic heterocycles. The molecule has 0 N–H and O–H groups in total. The van der Waals surface area contributed by atoms with Crippen LogP contribution < -0.4 is 0 Å². The monoisotopic (exact) mass is 289 g/mol. The van der Waals surface area contributed by atoms with Crippen LogP contribution in [0.3, 0.4) is 0 Å². The molecule has 0 saturated carbocycles. The molecule has 0 aliphatic carbocycles. The lowest BCUT2D eigenvalue weighted by atomic mass is 10.1. The molecule has 19 heavy (non-hydrogen) atoms. The van der Waals surface area contributed by atoms with Gasteiger partial charge >= 0.3 is 6.18 Å². The predicted molar refractivity (Wildman–Crippen MR) is 65.4 cm³/mol. The molecule has 2 rings (SSSR count). The van der Waals surface area contributed by atoms with E-state index in [9.17, 15) is 13.2 Å². The second-order valence-electron chi connectivity index (χ2n) is 3.96. The Hall–Kier alpha value is -1.56. The van der Waals surface area contributed by atoms with Crippen molar-refractivity contribution in [1.82, 2.24) is 15.0 Å². The first-order valence-electron chi connectivity index (χ1n) is 5.66. The molecule has 7 heteroatoms. The Morgan fingerprint density at radius 1 is 1.21 bits per heavy atom. The van der Waals surface area contributed by atoms with Crippen molar-refractivity contribution in [3.05, 3.63) is 41.7 Å². The SMILES string of the molecule is FC(F)(F)c1ccccc1-n1cc(CCCCl)nn1. The van der Waals surface area contributed by atoms with Crippen molar-refractivity contribution in [2.75, 3.05) is 5.88 Å². The Morgan fingerprint density at radius 3 is 2.63 bits per heavy atom. The summed E-state index contributed by atoms with van der Waals surface area (Å²) in [7, 11) is 0. The summed E-state index contributed by atoms with van der Waals surface area (Å²) in [5.74, 6) is 0.478. The van der Waals surface area contributed by atoms with Gasteiger partial charge in [0.25, 0.3) is 0 Å². The van der Waals surface area contributed by atoms with Crippen LogP contribution >= 0.6 is 11.6 Å². The smallest absolute Gasteiger partial charge is 0.220 e. The van der Waals surface area contributed by atoms with Crippen molar-refractivity contribution in [1.29, 1.82) is 0 Å². The highest BCUT2D eigenvalue weighted by molar-refractivity contribution is 6.17. The van der Waals surface area contributed by atoms with E-state index in [2.05, 4.69) is 10.3 Å². The number of aryl methyl sites for hydroxylation is 1. The molecule has 0 radical (unpaired) electrons. The molecule has 1 aromatic carbocycles. The van der Waals surface area contributed by atoms with Gasteiger partial charge in [-0.1, -0.05) is 17.3 Å². The van der Waals surface area contributed by atoms with Crippen LogP contribution in [0.2, 0.25) is 0 Å². The summed E-state index contributed by atoms with van der Waals surface area (Å²) in [6, 6.07) is 5.26. The van der Waals surface area contributed by atoms with E-state index >= 15 is 0 Å². The van der Waals surface area contributed by atoms with Crippen molar-refractivity contribution in [3.63, 3.8) is 0 Å². The molecule has 102 valence electrons. The van der Waals surface area contributed by atoms with E-state index in [4.69, 9.17) is 11.6 Å². The van der Waals surface area contributed by atoms with E-state index in [1.807, 2.05) is 0 Å². The Morgan fingerprint density at radius 2 is 1.95 bits per heavy atom. The van der Waals surface area contributed by atoms with Gasteiger partial charge < -0.3 is 0 Å². The Balaban J connectivity index is 2.34. The summed E-state index contributed by atoms with van der Waals surface area (Å²) in [5, 5.41) is 7.58. The molecule has 0 aliphatic rings. The van der Waals surface area contributed by atoms with Crippen LogP contribution in [0.1, 0.15) is 17.7 Å². The van der Waals surface area contributed by atoms with E-state index in [1.165, 1.54) is 24.4 Å². The van der Waals surface area contributed by atoms with Gasteiger partial charge in [-0.25, -0.2) is 4.68 Å². The van der Waals surface area contributed by atoms with Gasteiger partial charge in [-0.15, -0.1) is 16.7 Å². The fourth-order valence-corrected chi connectivity index (χ4v) is 1.83. The van der Waals surface area contributed by atoms with Crippen LogP contribution in [-0.2, 0) is 12.6 Å². The molecule has 2 aromatic rings. The number of alkyl halides is 4. The number of para-hydroxylation sites is 1. The molecular weight excluding hydrogens is 279 g/mol. The van der Waals surface area contributed by atoms with Gasteiger partial charge in [-0.05, 0) is 25.0 Å². The maximum atomic E-state index is 12.9. The number of hydrogen-bond acceptors (Lipinski definition) is 2. The first-order valence-corrected chi connectivity index (χ1v) is 6.19. The number of benzene rings is 1. The number of rotatable bonds is 4. The Bertz CT molecular complexity index is 551. The minimum Gasteiger partial charge on any atom is -0.220 e. The fourth-order valence-electron chi connectivity index (χ4n) is 1.69. The normalized spacial score (nSPS) is 11.8. The quantitative estimate of drug-likeness (QED) is 0.807. The maximum Gasteiger partial charge on any atom is 0.418 e. The van der Waals surface area contributed by atoms with E-state index in [0.29, 0.717) is 24.4 Å². The average Bonchev–Trinajstić information content (AvgIpc) is 2.84. The topological polar surface area (TPSA) is 30.7 Å². The molecule has 0 amide bonds. The van der Waals surface area contributed by atoms with Crippen LogP contribution in [0.5, 0.6) is 0 Å². The number of aromatic nitrogens is 3. The minimum atomic E-state index is -4.42. The standard InChI is InChI=1S/C12H11ClF3N3/c13-7-3-4-9-8-19(18-17-9)11-6-2-1-5-10(11)12(14,15)16/h1-2,5-6,8H,3-4,7H2. The molecule has 1 heterocycles. The number of hydrogen-bond donors (Lipinski definition) is 0. The van der Waals surface area contributed by atoms with E-state index in [0.717, 1.165) is 10.7 Å². The van der Waals surface area contributed by atoms with Crippen molar-refractivity contribution in [2.24, 2.45) is 0 Å². The molecule has 0 bridgehead atoms. The zero-order valence-electron chi connectivity index (χ0n) is 9.86. The highest BCUT2D eigenvalue weighted by Gasteiger charge is 2.33. The second kappa shape index (κ2) is 5.61. The van der Waals surface area contributed by atoms with Crippen LogP contribution in [0.25, 0.3) is 5.69 Å². The Kier molecular flexibility index (Phi) is 4.09.